The van der Waals surface area contributed by atoms with Gasteiger partial charge in [0.05, 0.1) is 23.4 Å². The van der Waals surface area contributed by atoms with Crippen LogP contribution in [0.5, 0.6) is 0 Å². The van der Waals surface area contributed by atoms with E-state index >= 15 is 0 Å². The Morgan fingerprint density at radius 3 is 2.04 bits per heavy atom. The van der Waals surface area contributed by atoms with Crippen molar-refractivity contribution in [3.05, 3.63) is 65.2 Å². The predicted molar refractivity (Wildman–Crippen MR) is 86.0 cm³/mol. The van der Waals surface area contributed by atoms with Crippen molar-refractivity contribution in [2.75, 3.05) is 11.9 Å². The summed E-state index contributed by atoms with van der Waals surface area (Å²) in [4.78, 5) is 12.1. The quantitative estimate of drug-likeness (QED) is 0.718. The lowest BCUT2D eigenvalue weighted by Crippen LogP contribution is -2.20. The Bertz CT molecular complexity index is 784. The molecule has 0 radical (unpaired) electrons. The molecule has 0 bridgehead atoms. The predicted octanol–water partition coefficient (Wildman–Crippen LogP) is 4.83. The molecule has 0 saturated heterocycles. The van der Waals surface area contributed by atoms with Gasteiger partial charge in [-0.05, 0) is 29.8 Å². The van der Waals surface area contributed by atoms with Crippen LogP contribution in [0.3, 0.4) is 0 Å². The van der Waals surface area contributed by atoms with Gasteiger partial charge in [0.1, 0.15) is 0 Å². The fraction of sp³-hybridized carbons (Fsp3) is 0.278. The van der Waals surface area contributed by atoms with Gasteiger partial charge in [0, 0.05) is 12.3 Å². The fourth-order valence-corrected chi connectivity index (χ4v) is 2.50. The van der Waals surface area contributed by atoms with E-state index in [1.807, 2.05) is 0 Å². The lowest BCUT2D eigenvalue weighted by atomic mass is 9.95. The summed E-state index contributed by atoms with van der Waals surface area (Å²) in [6.07, 6.45) is -9.58. The van der Waals surface area contributed by atoms with Gasteiger partial charge in [0.15, 0.2) is 0 Å². The highest BCUT2D eigenvalue weighted by atomic mass is 19.4. The minimum Gasteiger partial charge on any atom is -0.396 e. The van der Waals surface area contributed by atoms with Gasteiger partial charge in [0.2, 0.25) is 5.91 Å². The minimum atomic E-state index is -4.66. The fourth-order valence-electron chi connectivity index (χ4n) is 2.50. The van der Waals surface area contributed by atoms with Crippen molar-refractivity contribution in [2.45, 2.75) is 24.7 Å². The zero-order valence-corrected chi connectivity index (χ0v) is 13.7. The Labute approximate surface area is 150 Å². The van der Waals surface area contributed by atoms with Crippen molar-refractivity contribution >= 4 is 11.6 Å². The SMILES string of the molecule is O=C(CC(CO)c1ccc(C(F)(F)F)cc1)Nc1ccccc1C(F)(F)F. The molecule has 0 heterocycles. The van der Waals surface area contributed by atoms with E-state index in [1.165, 1.54) is 12.1 Å². The van der Waals surface area contributed by atoms with Crippen LogP contribution in [0.25, 0.3) is 0 Å². The van der Waals surface area contributed by atoms with Crippen LogP contribution in [0.1, 0.15) is 29.0 Å². The van der Waals surface area contributed by atoms with Gasteiger partial charge in [-0.15, -0.1) is 0 Å². The summed E-state index contributed by atoms with van der Waals surface area (Å²) in [6.45, 7) is -0.556. The number of benzene rings is 2. The molecule has 146 valence electrons. The Hall–Kier alpha value is -2.55. The molecule has 1 unspecified atom stereocenters. The number of carbonyl (C=O) groups excluding carboxylic acids is 1. The highest BCUT2D eigenvalue weighted by molar-refractivity contribution is 5.92. The monoisotopic (exact) mass is 391 g/mol. The molecule has 3 nitrogen and oxygen atoms in total. The first-order valence-electron chi connectivity index (χ1n) is 7.76. The summed E-state index contributed by atoms with van der Waals surface area (Å²) >= 11 is 0. The van der Waals surface area contributed by atoms with Crippen LogP contribution in [0.4, 0.5) is 32.0 Å². The topological polar surface area (TPSA) is 49.3 Å². The molecule has 27 heavy (non-hydrogen) atoms. The van der Waals surface area contributed by atoms with Crippen molar-refractivity contribution in [3.8, 4) is 0 Å². The Kier molecular flexibility index (Phi) is 6.15. The van der Waals surface area contributed by atoms with E-state index in [-0.39, 0.29) is 5.56 Å². The molecule has 9 heteroatoms. The van der Waals surface area contributed by atoms with E-state index in [9.17, 15) is 36.2 Å². The summed E-state index contributed by atoms with van der Waals surface area (Å²) in [5.74, 6) is -1.66. The van der Waals surface area contributed by atoms with Gasteiger partial charge < -0.3 is 10.4 Å². The number of hydrogen-bond donors (Lipinski definition) is 2. The molecule has 2 aromatic rings. The third-order valence-electron chi connectivity index (χ3n) is 3.87. The molecule has 1 atom stereocenters. The van der Waals surface area contributed by atoms with Crippen LogP contribution in [0.15, 0.2) is 48.5 Å². The molecule has 1 amide bonds. The van der Waals surface area contributed by atoms with Crippen LogP contribution < -0.4 is 5.32 Å². The van der Waals surface area contributed by atoms with Crippen LogP contribution in [0.2, 0.25) is 0 Å². The van der Waals surface area contributed by atoms with Crippen molar-refractivity contribution in [1.29, 1.82) is 0 Å². The lowest BCUT2D eigenvalue weighted by molar-refractivity contribution is -0.138. The maximum absolute atomic E-state index is 12.9. The number of aliphatic hydroxyl groups is 1. The summed E-state index contributed by atoms with van der Waals surface area (Å²) in [6, 6.07) is 8.29. The Balaban J connectivity index is 2.12. The maximum atomic E-state index is 12.9. The Morgan fingerprint density at radius 2 is 1.52 bits per heavy atom. The molecule has 0 aromatic heterocycles. The second kappa shape index (κ2) is 7.99. The van der Waals surface area contributed by atoms with E-state index in [0.717, 1.165) is 36.4 Å². The zero-order chi connectivity index (χ0) is 20.2. The van der Waals surface area contributed by atoms with Crippen LogP contribution in [0, 0.1) is 0 Å². The lowest BCUT2D eigenvalue weighted by Gasteiger charge is -2.17. The first-order chi connectivity index (χ1) is 12.5. The van der Waals surface area contributed by atoms with Crippen molar-refractivity contribution in [3.63, 3.8) is 0 Å². The van der Waals surface area contributed by atoms with E-state index in [2.05, 4.69) is 5.32 Å². The average Bonchev–Trinajstić information content (AvgIpc) is 2.58. The van der Waals surface area contributed by atoms with Crippen molar-refractivity contribution in [2.24, 2.45) is 0 Å². The number of carbonyl (C=O) groups is 1. The standard InChI is InChI=1S/C18H15F6NO2/c19-17(20,21)13-7-5-11(6-8-13)12(10-26)9-16(27)25-15-4-2-1-3-14(15)18(22,23)24/h1-8,12,26H,9-10H2,(H,25,27). The summed E-state index contributed by atoms with van der Waals surface area (Å²) in [7, 11) is 0. The normalized spacial score (nSPS) is 13.3. The van der Waals surface area contributed by atoms with Crippen LogP contribution in [-0.2, 0) is 17.1 Å². The van der Waals surface area contributed by atoms with Gasteiger partial charge >= 0.3 is 12.4 Å². The molecule has 0 aliphatic carbocycles. The number of alkyl halides is 6. The number of aliphatic hydroxyl groups excluding tert-OH is 1. The van der Waals surface area contributed by atoms with E-state index in [1.54, 1.807) is 0 Å². The van der Waals surface area contributed by atoms with Crippen LogP contribution in [-0.4, -0.2) is 17.6 Å². The van der Waals surface area contributed by atoms with Gasteiger partial charge in [-0.3, -0.25) is 4.79 Å². The number of amides is 1. The summed E-state index contributed by atoms with van der Waals surface area (Å²) in [5.41, 5.74) is -2.07. The second-order valence-electron chi connectivity index (χ2n) is 5.79. The summed E-state index contributed by atoms with van der Waals surface area (Å²) in [5, 5.41) is 11.6. The van der Waals surface area contributed by atoms with Gasteiger partial charge in [-0.1, -0.05) is 24.3 Å². The third-order valence-corrected chi connectivity index (χ3v) is 3.87. The molecule has 0 saturated carbocycles. The van der Waals surface area contributed by atoms with Crippen LogP contribution >= 0.6 is 0 Å². The smallest absolute Gasteiger partial charge is 0.396 e. The molecule has 2 rings (SSSR count). The number of hydrogen-bond acceptors (Lipinski definition) is 2. The molecule has 0 aliphatic rings. The van der Waals surface area contributed by atoms with E-state index < -0.39 is 54.0 Å². The number of nitrogens with one attached hydrogen (secondary N) is 1. The number of para-hydroxylation sites is 1. The number of anilines is 1. The van der Waals surface area contributed by atoms with E-state index in [4.69, 9.17) is 0 Å². The van der Waals surface area contributed by atoms with Crippen molar-refractivity contribution in [1.82, 2.24) is 0 Å². The minimum absolute atomic E-state index is 0.268. The highest BCUT2D eigenvalue weighted by Gasteiger charge is 2.34. The molecular formula is C18H15F6NO2. The summed E-state index contributed by atoms with van der Waals surface area (Å²) < 4.78 is 76.6. The average molecular weight is 391 g/mol. The molecule has 0 aliphatic heterocycles. The first-order valence-corrected chi connectivity index (χ1v) is 7.76. The van der Waals surface area contributed by atoms with Gasteiger partial charge in [0.25, 0.3) is 0 Å². The van der Waals surface area contributed by atoms with Crippen molar-refractivity contribution < 1.29 is 36.2 Å². The molecule has 2 N–H and O–H groups in total. The zero-order valence-electron chi connectivity index (χ0n) is 13.7. The van der Waals surface area contributed by atoms with E-state index in [0.29, 0.717) is 0 Å². The molecule has 0 fully saturated rings. The molecule has 0 spiro atoms. The molecular weight excluding hydrogens is 376 g/mol. The number of halogens is 6. The number of rotatable bonds is 5. The van der Waals surface area contributed by atoms with Gasteiger partial charge in [-0.2, -0.15) is 26.3 Å². The first kappa shape index (κ1) is 20.8. The molecule has 2 aromatic carbocycles. The largest absolute Gasteiger partial charge is 0.418 e. The highest BCUT2D eigenvalue weighted by Crippen LogP contribution is 2.35. The third kappa shape index (κ3) is 5.46. The second-order valence-corrected chi connectivity index (χ2v) is 5.79. The van der Waals surface area contributed by atoms with Gasteiger partial charge in [-0.25, -0.2) is 0 Å². The maximum Gasteiger partial charge on any atom is 0.418 e. The Morgan fingerprint density at radius 1 is 0.926 bits per heavy atom.